The van der Waals surface area contributed by atoms with E-state index in [2.05, 4.69) is 31.3 Å². The molecule has 1 unspecified atom stereocenters. The molecule has 0 aliphatic carbocycles. The summed E-state index contributed by atoms with van der Waals surface area (Å²) >= 11 is 1.77. The molecule has 1 rings (SSSR count). The quantitative estimate of drug-likeness (QED) is 0.713. The van der Waals surface area contributed by atoms with E-state index in [0.717, 1.165) is 0 Å². The molecule has 0 bridgehead atoms. The van der Waals surface area contributed by atoms with Crippen molar-refractivity contribution in [2.75, 3.05) is 19.8 Å². The summed E-state index contributed by atoms with van der Waals surface area (Å²) in [5, 5.41) is 21.7. The van der Waals surface area contributed by atoms with Gasteiger partial charge in [0.15, 0.2) is 0 Å². The van der Waals surface area contributed by atoms with Crippen molar-refractivity contribution in [1.29, 1.82) is 0 Å². The van der Waals surface area contributed by atoms with Gasteiger partial charge in [0.25, 0.3) is 0 Å². The van der Waals surface area contributed by atoms with Gasteiger partial charge in [-0.3, -0.25) is 0 Å². The van der Waals surface area contributed by atoms with Gasteiger partial charge in [0.2, 0.25) is 0 Å². The second kappa shape index (κ2) is 5.77. The van der Waals surface area contributed by atoms with Crippen LogP contribution in [-0.2, 0) is 0 Å². The smallest absolute Gasteiger partial charge is 0.0519 e. The third kappa shape index (κ3) is 3.56. The molecule has 0 aliphatic heterocycles. The van der Waals surface area contributed by atoms with Gasteiger partial charge in [-0.15, -0.1) is 11.3 Å². The van der Waals surface area contributed by atoms with Crippen LogP contribution in [0.2, 0.25) is 0 Å². The van der Waals surface area contributed by atoms with Crippen LogP contribution in [0.1, 0.15) is 29.6 Å². The summed E-state index contributed by atoms with van der Waals surface area (Å²) < 4.78 is 0. The second-order valence-corrected chi connectivity index (χ2v) is 6.00. The van der Waals surface area contributed by atoms with Crippen molar-refractivity contribution in [3.05, 3.63) is 21.9 Å². The molecule has 16 heavy (non-hydrogen) atoms. The van der Waals surface area contributed by atoms with Gasteiger partial charge in [-0.05, 0) is 26.0 Å². The number of rotatable bonds is 6. The molecular weight excluding hydrogens is 222 g/mol. The molecule has 0 radical (unpaired) electrons. The van der Waals surface area contributed by atoms with Crippen LogP contribution in [0.15, 0.2) is 12.1 Å². The number of hydrogen-bond acceptors (Lipinski definition) is 4. The molecule has 0 spiro atoms. The van der Waals surface area contributed by atoms with Crippen LogP contribution < -0.4 is 5.32 Å². The fourth-order valence-corrected chi connectivity index (χ4v) is 2.25. The highest BCUT2D eigenvalue weighted by molar-refractivity contribution is 7.12. The van der Waals surface area contributed by atoms with Gasteiger partial charge in [-0.1, -0.05) is 6.92 Å². The van der Waals surface area contributed by atoms with Crippen LogP contribution in [0.3, 0.4) is 0 Å². The Kier molecular flexibility index (Phi) is 4.92. The predicted molar refractivity (Wildman–Crippen MR) is 67.8 cm³/mol. The lowest BCUT2D eigenvalue weighted by atomic mass is 9.93. The lowest BCUT2D eigenvalue weighted by Gasteiger charge is -2.26. The van der Waals surface area contributed by atoms with E-state index in [0.29, 0.717) is 6.54 Å². The first-order valence-electron chi connectivity index (χ1n) is 5.52. The van der Waals surface area contributed by atoms with Crippen LogP contribution in [0, 0.1) is 12.3 Å². The summed E-state index contributed by atoms with van der Waals surface area (Å²) in [6.07, 6.45) is 0. The SMILES string of the molecule is Cc1ccc(C(C)NCC(C)(CO)CO)s1. The molecule has 0 saturated carbocycles. The summed E-state index contributed by atoms with van der Waals surface area (Å²) in [5.74, 6) is 0. The zero-order valence-electron chi connectivity index (χ0n) is 10.2. The van der Waals surface area contributed by atoms with Crippen molar-refractivity contribution >= 4 is 11.3 Å². The molecule has 0 aromatic carbocycles. The summed E-state index contributed by atoms with van der Waals surface area (Å²) in [4.78, 5) is 2.59. The summed E-state index contributed by atoms with van der Waals surface area (Å²) in [5.41, 5.74) is -0.444. The van der Waals surface area contributed by atoms with Crippen molar-refractivity contribution in [3.8, 4) is 0 Å². The molecule has 3 nitrogen and oxygen atoms in total. The molecule has 1 aromatic rings. The zero-order valence-corrected chi connectivity index (χ0v) is 11.0. The zero-order chi connectivity index (χ0) is 12.2. The highest BCUT2D eigenvalue weighted by Gasteiger charge is 2.23. The molecular formula is C12H21NO2S. The fourth-order valence-electron chi connectivity index (χ4n) is 1.35. The van der Waals surface area contributed by atoms with Crippen LogP contribution >= 0.6 is 11.3 Å². The number of thiophene rings is 1. The van der Waals surface area contributed by atoms with Gasteiger partial charge in [-0.25, -0.2) is 0 Å². The summed E-state index contributed by atoms with van der Waals surface area (Å²) in [7, 11) is 0. The van der Waals surface area contributed by atoms with Crippen molar-refractivity contribution in [2.24, 2.45) is 5.41 Å². The van der Waals surface area contributed by atoms with Crippen molar-refractivity contribution < 1.29 is 10.2 Å². The number of hydrogen-bond donors (Lipinski definition) is 3. The van der Waals surface area contributed by atoms with E-state index in [-0.39, 0.29) is 19.3 Å². The van der Waals surface area contributed by atoms with Crippen LogP contribution in [-0.4, -0.2) is 30.0 Å². The minimum atomic E-state index is -0.444. The Labute approximate surface area is 101 Å². The highest BCUT2D eigenvalue weighted by Crippen LogP contribution is 2.23. The van der Waals surface area contributed by atoms with E-state index in [1.807, 2.05) is 6.92 Å². The van der Waals surface area contributed by atoms with E-state index in [4.69, 9.17) is 0 Å². The Morgan fingerprint density at radius 3 is 2.44 bits per heavy atom. The molecule has 0 amide bonds. The van der Waals surface area contributed by atoms with Crippen molar-refractivity contribution in [2.45, 2.75) is 26.8 Å². The third-order valence-electron chi connectivity index (χ3n) is 2.79. The fraction of sp³-hybridized carbons (Fsp3) is 0.667. The maximum Gasteiger partial charge on any atom is 0.0519 e. The Hall–Kier alpha value is -0.420. The monoisotopic (exact) mass is 243 g/mol. The Morgan fingerprint density at radius 1 is 1.38 bits per heavy atom. The van der Waals surface area contributed by atoms with Gasteiger partial charge in [-0.2, -0.15) is 0 Å². The molecule has 4 heteroatoms. The van der Waals surface area contributed by atoms with E-state index in [9.17, 15) is 10.2 Å². The molecule has 1 aromatic heterocycles. The molecule has 1 atom stereocenters. The summed E-state index contributed by atoms with van der Waals surface area (Å²) in [6.45, 7) is 6.65. The highest BCUT2D eigenvalue weighted by atomic mass is 32.1. The van der Waals surface area contributed by atoms with Crippen LogP contribution in [0.4, 0.5) is 0 Å². The summed E-state index contributed by atoms with van der Waals surface area (Å²) in [6, 6.07) is 4.48. The molecule has 92 valence electrons. The topological polar surface area (TPSA) is 52.5 Å². The van der Waals surface area contributed by atoms with Gasteiger partial charge in [0, 0.05) is 27.8 Å². The van der Waals surface area contributed by atoms with Crippen LogP contribution in [0.5, 0.6) is 0 Å². The molecule has 3 N–H and O–H groups in total. The van der Waals surface area contributed by atoms with Crippen molar-refractivity contribution in [1.82, 2.24) is 5.32 Å². The van der Waals surface area contributed by atoms with Gasteiger partial charge >= 0.3 is 0 Å². The van der Waals surface area contributed by atoms with E-state index in [1.54, 1.807) is 11.3 Å². The maximum absolute atomic E-state index is 9.18. The minimum Gasteiger partial charge on any atom is -0.396 e. The van der Waals surface area contributed by atoms with E-state index < -0.39 is 5.41 Å². The maximum atomic E-state index is 9.18. The first-order chi connectivity index (χ1) is 7.50. The first-order valence-corrected chi connectivity index (χ1v) is 6.34. The molecule has 0 fully saturated rings. The van der Waals surface area contributed by atoms with Gasteiger partial charge < -0.3 is 15.5 Å². The molecule has 1 heterocycles. The third-order valence-corrected chi connectivity index (χ3v) is 3.97. The molecule has 0 saturated heterocycles. The lowest BCUT2D eigenvalue weighted by molar-refractivity contribution is 0.0678. The number of aliphatic hydroxyl groups excluding tert-OH is 2. The van der Waals surface area contributed by atoms with Crippen molar-refractivity contribution in [3.63, 3.8) is 0 Å². The van der Waals surface area contributed by atoms with Crippen LogP contribution in [0.25, 0.3) is 0 Å². The second-order valence-electron chi connectivity index (χ2n) is 4.68. The number of aliphatic hydroxyl groups is 2. The normalized spacial score (nSPS) is 14.1. The standard InChI is InChI=1S/C12H21NO2S/c1-9-4-5-11(16-9)10(2)13-6-12(3,7-14)8-15/h4-5,10,13-15H,6-8H2,1-3H3. The number of nitrogens with one attached hydrogen (secondary N) is 1. The van der Waals surface area contributed by atoms with E-state index in [1.165, 1.54) is 9.75 Å². The largest absolute Gasteiger partial charge is 0.396 e. The first kappa shape index (κ1) is 13.6. The Balaban J connectivity index is 2.49. The average molecular weight is 243 g/mol. The Morgan fingerprint density at radius 2 is 2.00 bits per heavy atom. The number of aryl methyl sites for hydroxylation is 1. The van der Waals surface area contributed by atoms with Gasteiger partial charge in [0.05, 0.1) is 13.2 Å². The Bertz CT molecular complexity index is 321. The molecule has 0 aliphatic rings. The average Bonchev–Trinajstić information content (AvgIpc) is 2.72. The minimum absolute atomic E-state index is 0.00725. The van der Waals surface area contributed by atoms with Gasteiger partial charge in [0.1, 0.15) is 0 Å². The lowest BCUT2D eigenvalue weighted by Crippen LogP contribution is -2.38. The predicted octanol–water partition coefficient (Wildman–Crippen LogP) is 1.70. The van der Waals surface area contributed by atoms with E-state index >= 15 is 0 Å².